The van der Waals surface area contributed by atoms with E-state index in [0.717, 1.165) is 31.2 Å². The Kier molecular flexibility index (Phi) is 3.91. The molecule has 1 aliphatic rings. The second kappa shape index (κ2) is 5.41. The summed E-state index contributed by atoms with van der Waals surface area (Å²) in [5.41, 5.74) is 8.21. The molecule has 0 bridgehead atoms. The molecule has 3 heteroatoms. The summed E-state index contributed by atoms with van der Waals surface area (Å²) in [6.45, 7) is 2.73. The Morgan fingerprint density at radius 2 is 2.06 bits per heavy atom. The van der Waals surface area contributed by atoms with Gasteiger partial charge in [-0.1, -0.05) is 6.07 Å². The lowest BCUT2D eigenvalue weighted by atomic mass is 9.94. The van der Waals surface area contributed by atoms with Crippen molar-refractivity contribution in [1.29, 1.82) is 0 Å². The molecule has 1 heterocycles. The van der Waals surface area contributed by atoms with Gasteiger partial charge >= 0.3 is 0 Å². The maximum Gasteiger partial charge on any atom is 0.0735 e. The van der Waals surface area contributed by atoms with Gasteiger partial charge in [0.2, 0.25) is 0 Å². The fourth-order valence-electron chi connectivity index (χ4n) is 2.17. The molecule has 0 radical (unpaired) electrons. The van der Waals surface area contributed by atoms with Gasteiger partial charge < -0.3 is 10.5 Å². The molecule has 88 valence electrons. The molecule has 1 aromatic heterocycles. The number of nitrogens with zero attached hydrogens (tertiary/aromatic N) is 1. The monoisotopic (exact) mass is 220 g/mol. The van der Waals surface area contributed by atoms with Gasteiger partial charge in [0, 0.05) is 18.4 Å². The summed E-state index contributed by atoms with van der Waals surface area (Å²) in [6.07, 6.45) is 8.51. The smallest absolute Gasteiger partial charge is 0.0735 e. The van der Waals surface area contributed by atoms with Gasteiger partial charge in [-0.3, -0.25) is 4.98 Å². The van der Waals surface area contributed by atoms with Crippen LogP contribution in [0.25, 0.3) is 0 Å². The molecular formula is C13H20N2O. The molecule has 0 atom stereocenters. The van der Waals surface area contributed by atoms with E-state index in [0.29, 0.717) is 18.8 Å². The van der Waals surface area contributed by atoms with Crippen LogP contribution in [0, 0.1) is 6.92 Å². The number of aryl methyl sites for hydroxylation is 1. The van der Waals surface area contributed by atoms with E-state index in [-0.39, 0.29) is 0 Å². The Morgan fingerprint density at radius 1 is 1.31 bits per heavy atom. The van der Waals surface area contributed by atoms with Crippen molar-refractivity contribution in [2.75, 3.05) is 0 Å². The van der Waals surface area contributed by atoms with Crippen LogP contribution in [0.5, 0.6) is 0 Å². The molecule has 1 aromatic rings. The number of hydrogen-bond donors (Lipinski definition) is 1. The van der Waals surface area contributed by atoms with Gasteiger partial charge in [-0.25, -0.2) is 0 Å². The van der Waals surface area contributed by atoms with E-state index in [4.69, 9.17) is 10.5 Å². The zero-order chi connectivity index (χ0) is 11.4. The first-order chi connectivity index (χ1) is 7.74. The first kappa shape index (κ1) is 11.6. The first-order valence-electron chi connectivity index (χ1n) is 6.02. The summed E-state index contributed by atoms with van der Waals surface area (Å²) < 4.78 is 5.88. The van der Waals surface area contributed by atoms with E-state index in [2.05, 4.69) is 18.0 Å². The van der Waals surface area contributed by atoms with E-state index >= 15 is 0 Å². The Labute approximate surface area is 97.0 Å². The number of aromatic nitrogens is 1. The van der Waals surface area contributed by atoms with E-state index in [1.165, 1.54) is 5.56 Å². The highest BCUT2D eigenvalue weighted by Crippen LogP contribution is 2.20. The third-order valence-corrected chi connectivity index (χ3v) is 3.14. The normalized spacial score (nSPS) is 25.6. The van der Waals surface area contributed by atoms with Crippen LogP contribution >= 0.6 is 0 Å². The Bertz CT molecular complexity index is 332. The van der Waals surface area contributed by atoms with Crippen LogP contribution in [0.3, 0.4) is 0 Å². The zero-order valence-electron chi connectivity index (χ0n) is 9.86. The van der Waals surface area contributed by atoms with Crippen LogP contribution in [0.1, 0.15) is 36.8 Å². The molecule has 2 rings (SSSR count). The largest absolute Gasteiger partial charge is 0.373 e. The van der Waals surface area contributed by atoms with Gasteiger partial charge in [0.05, 0.1) is 12.7 Å². The summed E-state index contributed by atoms with van der Waals surface area (Å²) >= 11 is 0. The topological polar surface area (TPSA) is 48.1 Å². The van der Waals surface area contributed by atoms with Crippen LogP contribution in [0.15, 0.2) is 18.5 Å². The van der Waals surface area contributed by atoms with Crippen LogP contribution < -0.4 is 5.73 Å². The summed E-state index contributed by atoms with van der Waals surface area (Å²) in [5.74, 6) is 0. The molecular weight excluding hydrogens is 200 g/mol. The van der Waals surface area contributed by atoms with Crippen LogP contribution in [-0.4, -0.2) is 17.1 Å². The zero-order valence-corrected chi connectivity index (χ0v) is 9.86. The molecule has 3 nitrogen and oxygen atoms in total. The molecule has 16 heavy (non-hydrogen) atoms. The van der Waals surface area contributed by atoms with Crippen molar-refractivity contribution in [1.82, 2.24) is 4.98 Å². The minimum absolute atomic E-state index is 0.389. The lowest BCUT2D eigenvalue weighted by Gasteiger charge is -2.26. The van der Waals surface area contributed by atoms with Crippen molar-refractivity contribution in [3.05, 3.63) is 29.6 Å². The lowest BCUT2D eigenvalue weighted by Crippen LogP contribution is -2.30. The SMILES string of the molecule is Cc1cncc(COC2CCC(N)CC2)c1. The Hall–Kier alpha value is -0.930. The number of hydrogen-bond acceptors (Lipinski definition) is 3. The molecule has 0 saturated heterocycles. The third kappa shape index (κ3) is 3.29. The molecule has 0 spiro atoms. The molecule has 2 N–H and O–H groups in total. The predicted molar refractivity (Wildman–Crippen MR) is 64.0 cm³/mol. The van der Waals surface area contributed by atoms with Crippen molar-refractivity contribution in [2.24, 2.45) is 5.73 Å². The molecule has 0 aliphatic heterocycles. The summed E-state index contributed by atoms with van der Waals surface area (Å²) in [4.78, 5) is 4.16. The summed E-state index contributed by atoms with van der Waals surface area (Å²) in [5, 5.41) is 0. The van der Waals surface area contributed by atoms with Gasteiger partial charge in [-0.15, -0.1) is 0 Å². The average molecular weight is 220 g/mol. The highest BCUT2D eigenvalue weighted by molar-refractivity contribution is 5.15. The Balaban J connectivity index is 1.79. The van der Waals surface area contributed by atoms with Crippen molar-refractivity contribution in [3.8, 4) is 0 Å². The molecule has 0 aromatic carbocycles. The van der Waals surface area contributed by atoms with Gasteiger partial charge in [0.1, 0.15) is 0 Å². The maximum absolute atomic E-state index is 5.88. The molecule has 1 aliphatic carbocycles. The van der Waals surface area contributed by atoms with E-state index in [9.17, 15) is 0 Å². The van der Waals surface area contributed by atoms with Crippen molar-refractivity contribution < 1.29 is 4.74 Å². The summed E-state index contributed by atoms with van der Waals surface area (Å²) in [7, 11) is 0. The van der Waals surface area contributed by atoms with Crippen LogP contribution in [0.4, 0.5) is 0 Å². The minimum Gasteiger partial charge on any atom is -0.373 e. The van der Waals surface area contributed by atoms with Crippen molar-refractivity contribution in [3.63, 3.8) is 0 Å². The Morgan fingerprint density at radius 3 is 2.75 bits per heavy atom. The molecule has 1 saturated carbocycles. The second-order valence-electron chi connectivity index (χ2n) is 4.72. The van der Waals surface area contributed by atoms with Gasteiger partial charge in [-0.05, 0) is 43.7 Å². The van der Waals surface area contributed by atoms with Gasteiger partial charge in [0.25, 0.3) is 0 Å². The number of rotatable bonds is 3. The number of pyridine rings is 1. The lowest BCUT2D eigenvalue weighted by molar-refractivity contribution is 0.0137. The highest BCUT2D eigenvalue weighted by atomic mass is 16.5. The highest BCUT2D eigenvalue weighted by Gasteiger charge is 2.18. The number of ether oxygens (including phenoxy) is 1. The minimum atomic E-state index is 0.389. The van der Waals surface area contributed by atoms with E-state index in [1.54, 1.807) is 0 Å². The van der Waals surface area contributed by atoms with Crippen LogP contribution in [-0.2, 0) is 11.3 Å². The fourth-order valence-corrected chi connectivity index (χ4v) is 2.17. The van der Waals surface area contributed by atoms with Crippen LogP contribution in [0.2, 0.25) is 0 Å². The fraction of sp³-hybridized carbons (Fsp3) is 0.615. The number of nitrogens with two attached hydrogens (primary N) is 1. The van der Waals surface area contributed by atoms with Crippen molar-refractivity contribution >= 4 is 0 Å². The average Bonchev–Trinajstić information content (AvgIpc) is 2.28. The van der Waals surface area contributed by atoms with Crippen molar-refractivity contribution in [2.45, 2.75) is 51.4 Å². The second-order valence-corrected chi connectivity index (χ2v) is 4.72. The van der Waals surface area contributed by atoms with E-state index in [1.807, 2.05) is 12.4 Å². The molecule has 0 unspecified atom stereocenters. The maximum atomic E-state index is 5.88. The molecule has 1 fully saturated rings. The quantitative estimate of drug-likeness (QED) is 0.849. The first-order valence-corrected chi connectivity index (χ1v) is 6.02. The standard InChI is InChI=1S/C13H20N2O/c1-10-6-11(8-15-7-10)9-16-13-4-2-12(14)3-5-13/h6-8,12-13H,2-5,9,14H2,1H3. The molecule has 0 amide bonds. The summed E-state index contributed by atoms with van der Waals surface area (Å²) in [6, 6.07) is 2.52. The van der Waals surface area contributed by atoms with Gasteiger partial charge in [-0.2, -0.15) is 0 Å². The predicted octanol–water partition coefficient (Wildman–Crippen LogP) is 2.18. The van der Waals surface area contributed by atoms with Gasteiger partial charge in [0.15, 0.2) is 0 Å². The van der Waals surface area contributed by atoms with E-state index < -0.39 is 0 Å². The third-order valence-electron chi connectivity index (χ3n) is 3.14.